The highest BCUT2D eigenvalue weighted by molar-refractivity contribution is 6.23. The third-order valence-electron chi connectivity index (χ3n) is 15.3. The summed E-state index contributed by atoms with van der Waals surface area (Å²) in [5.41, 5.74) is 6.34. The number of benzene rings is 1. The number of aryl methyl sites for hydroxylation is 1. The molecule has 71 heavy (non-hydrogen) atoms. The minimum absolute atomic E-state index is 0.00480. The molecule has 11 rings (SSSR count). The molecule has 3 fully saturated rings. The summed E-state index contributed by atoms with van der Waals surface area (Å²) in [7, 11) is 1.68. The molecule has 0 bridgehead atoms. The first-order valence-corrected chi connectivity index (χ1v) is 24.5. The number of fused-ring (bicyclic) bond motifs is 4. The fourth-order valence-corrected chi connectivity index (χ4v) is 11.7. The van der Waals surface area contributed by atoms with Gasteiger partial charge in [0.2, 0.25) is 11.8 Å². The predicted octanol–water partition coefficient (Wildman–Crippen LogP) is 3.99. The monoisotopic (exact) mass is 965 g/mol. The van der Waals surface area contributed by atoms with Crippen LogP contribution in [0.25, 0.3) is 11.1 Å². The van der Waals surface area contributed by atoms with E-state index in [1.807, 2.05) is 24.4 Å². The smallest absolute Gasteiger partial charge is 0.276 e. The van der Waals surface area contributed by atoms with Crippen LogP contribution in [0, 0.1) is 11.2 Å². The van der Waals surface area contributed by atoms with Gasteiger partial charge in [-0.15, -0.1) is 0 Å². The molecular weight excluding hydrogens is 910 g/mol. The van der Waals surface area contributed by atoms with Gasteiger partial charge in [-0.2, -0.15) is 0 Å². The normalized spacial score (nSPS) is 20.7. The van der Waals surface area contributed by atoms with Gasteiger partial charge < -0.3 is 24.5 Å². The van der Waals surface area contributed by atoms with Crippen molar-refractivity contribution < 1.29 is 33.5 Å². The van der Waals surface area contributed by atoms with E-state index < -0.39 is 35.5 Å². The lowest BCUT2D eigenvalue weighted by Gasteiger charge is -2.43. The molecule has 1 aliphatic carbocycles. The van der Waals surface area contributed by atoms with Crippen molar-refractivity contribution in [3.63, 3.8) is 0 Å². The Morgan fingerprint density at radius 1 is 0.845 bits per heavy atom. The van der Waals surface area contributed by atoms with Crippen LogP contribution in [0.5, 0.6) is 0 Å². The number of pyridine rings is 3. The van der Waals surface area contributed by atoms with Gasteiger partial charge in [0.05, 0.1) is 29.6 Å². The summed E-state index contributed by atoms with van der Waals surface area (Å²) >= 11 is 0. The Kier molecular flexibility index (Phi) is 11.7. The van der Waals surface area contributed by atoms with Crippen LogP contribution in [-0.4, -0.2) is 126 Å². The number of aliphatic hydroxyl groups excluding tert-OH is 1. The molecule has 0 saturated carbocycles. The number of carbonyl (C=O) groups is 5. The second-order valence-electron chi connectivity index (χ2n) is 20.5. The third kappa shape index (κ3) is 8.38. The molecule has 9 heterocycles. The van der Waals surface area contributed by atoms with Crippen LogP contribution in [0.1, 0.15) is 93.1 Å². The predicted molar refractivity (Wildman–Crippen MR) is 261 cm³/mol. The van der Waals surface area contributed by atoms with Gasteiger partial charge in [0.15, 0.2) is 0 Å². The van der Waals surface area contributed by atoms with E-state index in [-0.39, 0.29) is 47.5 Å². The second-order valence-corrected chi connectivity index (χ2v) is 20.5. The molecular formula is C52H56FN11O7. The van der Waals surface area contributed by atoms with Crippen molar-refractivity contribution in [2.45, 2.75) is 84.2 Å². The zero-order chi connectivity index (χ0) is 49.5. The Bertz CT molecular complexity index is 3100. The number of rotatable bonds is 10. The van der Waals surface area contributed by atoms with E-state index in [4.69, 9.17) is 4.98 Å². The number of nitrogens with one attached hydrogen (secondary N) is 2. The molecule has 5 amide bonds. The van der Waals surface area contributed by atoms with Crippen molar-refractivity contribution in [1.29, 1.82) is 0 Å². The van der Waals surface area contributed by atoms with Crippen molar-refractivity contribution in [1.82, 2.24) is 39.1 Å². The van der Waals surface area contributed by atoms with Gasteiger partial charge >= 0.3 is 0 Å². The molecule has 0 radical (unpaired) electrons. The van der Waals surface area contributed by atoms with Crippen LogP contribution in [0.4, 0.5) is 27.4 Å². The highest BCUT2D eigenvalue weighted by atomic mass is 19.1. The Balaban J connectivity index is 0.694. The minimum Gasteiger partial charge on any atom is -0.392 e. The number of hydrogen-bond donors (Lipinski definition) is 3. The topological polar surface area (TPSA) is 199 Å². The Morgan fingerprint density at radius 2 is 1.63 bits per heavy atom. The number of aromatic nitrogens is 4. The van der Waals surface area contributed by atoms with Gasteiger partial charge in [0, 0.05) is 108 Å². The van der Waals surface area contributed by atoms with E-state index in [0.29, 0.717) is 70.9 Å². The first kappa shape index (κ1) is 46.3. The molecule has 1 atom stereocenters. The lowest BCUT2D eigenvalue weighted by Crippen LogP contribution is -2.54. The van der Waals surface area contributed by atoms with Crippen molar-refractivity contribution in [3.05, 3.63) is 116 Å². The molecule has 6 aliphatic rings. The SMILES string of the molecule is Cn1cc(-c2ccnc(N3CCn4c(cc5c4CC(C)(C)C5)C3=O)c2CO)cc(Nc2ccc(N3CCC(N4CCN(Cc5cc(F)c6c(c5)C(=O)N(C5CCC(=O)NC5=O)C6=O)CC4)CC3)cn2)c1=O. The third-order valence-corrected chi connectivity index (χ3v) is 15.3. The summed E-state index contributed by atoms with van der Waals surface area (Å²) in [6.07, 6.45) is 8.95. The molecule has 0 spiro atoms. The van der Waals surface area contributed by atoms with Gasteiger partial charge in [-0.25, -0.2) is 14.4 Å². The van der Waals surface area contributed by atoms with Crippen LogP contribution in [-0.2, 0) is 49.2 Å². The number of halogens is 1. The maximum Gasteiger partial charge on any atom is 0.276 e. The molecule has 19 heteroatoms. The standard InChI is InChI=1S/C52H56FN11O7/c1-52(2)24-31-23-41-50(70)63(19-18-62(41)42(31)25-52)46-37(29-65)35(8-11-54-46)32-22-39(49(69)58(3)28-32)56-43-6-4-34(26-55-43)60-12-9-33(10-13-60)61-16-14-59(15-17-61)27-30-20-36-45(38(53)21-30)51(71)64(48(36)68)40-5-7-44(66)57-47(40)67/h4,6,8,11,20-23,26,28,33,40,65H,5,7,9-10,12-19,24-25,27,29H2,1-3H3,(H,55,56)(H,57,66,67). The highest BCUT2D eigenvalue weighted by Gasteiger charge is 2.46. The van der Waals surface area contributed by atoms with Crippen LogP contribution in [0.3, 0.4) is 0 Å². The fourth-order valence-electron chi connectivity index (χ4n) is 11.7. The number of imide groups is 2. The largest absolute Gasteiger partial charge is 0.392 e. The van der Waals surface area contributed by atoms with Crippen LogP contribution in [0.2, 0.25) is 0 Å². The van der Waals surface area contributed by atoms with Crippen molar-refractivity contribution in [2.75, 3.05) is 60.9 Å². The van der Waals surface area contributed by atoms with E-state index in [2.05, 4.69) is 48.7 Å². The summed E-state index contributed by atoms with van der Waals surface area (Å²) in [4.78, 5) is 96.9. The summed E-state index contributed by atoms with van der Waals surface area (Å²) in [5.74, 6) is -2.81. The first-order valence-electron chi connectivity index (χ1n) is 24.5. The van der Waals surface area contributed by atoms with Crippen LogP contribution in [0.15, 0.2) is 65.8 Å². The van der Waals surface area contributed by atoms with Crippen molar-refractivity contribution >= 4 is 52.5 Å². The van der Waals surface area contributed by atoms with Crippen LogP contribution >= 0.6 is 0 Å². The number of piperidine rings is 2. The van der Waals surface area contributed by atoms with Gasteiger partial charge in [-0.1, -0.05) is 13.8 Å². The number of anilines is 4. The molecule has 18 nitrogen and oxygen atoms in total. The zero-order valence-electron chi connectivity index (χ0n) is 40.0. The number of hydrogen-bond acceptors (Lipinski definition) is 13. The zero-order valence-corrected chi connectivity index (χ0v) is 40.0. The highest BCUT2D eigenvalue weighted by Crippen LogP contribution is 2.40. The number of carbonyl (C=O) groups excluding carboxylic acids is 5. The molecule has 5 aromatic rings. The lowest BCUT2D eigenvalue weighted by molar-refractivity contribution is -0.136. The maximum atomic E-state index is 15.4. The number of aliphatic hydroxyl groups is 1. The van der Waals surface area contributed by atoms with E-state index in [0.717, 1.165) is 75.5 Å². The molecule has 1 aromatic carbocycles. The average molecular weight is 966 g/mol. The number of piperazine rings is 1. The summed E-state index contributed by atoms with van der Waals surface area (Å²) in [6, 6.07) is 11.5. The summed E-state index contributed by atoms with van der Waals surface area (Å²) < 4.78 is 19.1. The van der Waals surface area contributed by atoms with Gasteiger partial charge in [-0.05, 0) is 96.7 Å². The molecule has 4 aromatic heterocycles. The quantitative estimate of drug-likeness (QED) is 0.170. The average Bonchev–Trinajstić information content (AvgIpc) is 3.94. The van der Waals surface area contributed by atoms with Gasteiger partial charge in [0.1, 0.15) is 34.9 Å². The number of amides is 5. The van der Waals surface area contributed by atoms with E-state index in [1.165, 1.54) is 21.9 Å². The molecule has 3 saturated heterocycles. The Labute approximate surface area is 409 Å². The maximum absolute atomic E-state index is 15.4. The van der Waals surface area contributed by atoms with Crippen LogP contribution < -0.4 is 26.0 Å². The minimum atomic E-state index is -1.15. The van der Waals surface area contributed by atoms with Gasteiger partial charge in [0.25, 0.3) is 23.3 Å². The van der Waals surface area contributed by atoms with Crippen molar-refractivity contribution in [2.24, 2.45) is 12.5 Å². The van der Waals surface area contributed by atoms with Gasteiger partial charge in [-0.3, -0.25) is 53.7 Å². The van der Waals surface area contributed by atoms with Crippen molar-refractivity contribution in [3.8, 4) is 11.1 Å². The molecule has 1 unspecified atom stereocenters. The molecule has 5 aliphatic heterocycles. The lowest BCUT2D eigenvalue weighted by atomic mass is 9.90. The fraction of sp³-hybridized carbons (Fsp3) is 0.423. The number of nitrogens with zero attached hydrogens (tertiary/aromatic N) is 9. The molecule has 368 valence electrons. The molecule has 3 N–H and O–H groups in total. The Hall–Kier alpha value is -7.09. The first-order chi connectivity index (χ1) is 34.1. The summed E-state index contributed by atoms with van der Waals surface area (Å²) in [6.45, 7) is 10.5. The summed E-state index contributed by atoms with van der Waals surface area (Å²) in [5, 5.41) is 16.2. The van der Waals surface area contributed by atoms with E-state index in [1.54, 1.807) is 42.5 Å². The Morgan fingerprint density at radius 3 is 2.37 bits per heavy atom. The van der Waals surface area contributed by atoms with E-state index in [9.17, 15) is 33.9 Å². The van der Waals surface area contributed by atoms with E-state index >= 15 is 4.39 Å². The second kappa shape index (κ2) is 17.9.